The third-order valence-corrected chi connectivity index (χ3v) is 17.8. The summed E-state index contributed by atoms with van der Waals surface area (Å²) in [7, 11) is 0. The van der Waals surface area contributed by atoms with Crippen LogP contribution in [0.2, 0.25) is 0 Å². The highest BCUT2D eigenvalue weighted by molar-refractivity contribution is 8.14. The SMILES string of the molecule is CCCCCCCCCCCCC(O)CN(CCSC(=O)c1cccc(C(=O)SCCN(CC(O)CCCCCCCCCCCC)CC(O)CCCCCCCCCCCC)c1)CC(O)CCCCCCCCCCCC. The normalized spacial score (nSPS) is 13.5. The summed E-state index contributed by atoms with van der Waals surface area (Å²) in [6.45, 7) is 12.2. The smallest absolute Gasteiger partial charge is 0.219 e. The largest absolute Gasteiger partial charge is 0.392 e. The third kappa shape index (κ3) is 47.5. The summed E-state index contributed by atoms with van der Waals surface area (Å²) >= 11 is 2.49. The fourth-order valence-corrected chi connectivity index (χ4v) is 12.7. The highest BCUT2D eigenvalue weighted by Gasteiger charge is 2.20. The number of nitrogens with zero attached hydrogens (tertiary/aromatic N) is 2. The Morgan fingerprint density at radius 2 is 0.551 bits per heavy atom. The van der Waals surface area contributed by atoms with Gasteiger partial charge >= 0.3 is 0 Å². The first kappa shape index (κ1) is 75.0. The number of aliphatic hydroxyl groups is 4. The topological polar surface area (TPSA) is 122 Å². The molecule has 10 heteroatoms. The second-order valence-electron chi connectivity index (χ2n) is 23.9. The monoisotopic (exact) mass is 1130 g/mol. The van der Waals surface area contributed by atoms with Crippen LogP contribution < -0.4 is 0 Å². The Bertz CT molecular complexity index is 1290. The Kier molecular flexibility index (Phi) is 54.4. The molecule has 4 unspecified atom stereocenters. The highest BCUT2D eigenvalue weighted by atomic mass is 32.2. The van der Waals surface area contributed by atoms with E-state index in [2.05, 4.69) is 37.5 Å². The van der Waals surface area contributed by atoms with Crippen molar-refractivity contribution in [1.82, 2.24) is 9.80 Å². The molecule has 0 bridgehead atoms. The van der Waals surface area contributed by atoms with Crippen molar-refractivity contribution in [3.05, 3.63) is 35.4 Å². The molecule has 0 aliphatic rings. The second-order valence-corrected chi connectivity index (χ2v) is 26.0. The maximum Gasteiger partial charge on any atom is 0.219 e. The number of benzene rings is 1. The van der Waals surface area contributed by atoms with E-state index in [1.807, 2.05) is 0 Å². The van der Waals surface area contributed by atoms with Crippen LogP contribution >= 0.6 is 23.5 Å². The number of carbonyl (C=O) groups is 2. The van der Waals surface area contributed by atoms with Crippen LogP contribution in [0.5, 0.6) is 0 Å². The summed E-state index contributed by atoms with van der Waals surface area (Å²) in [6, 6.07) is 7.09. The van der Waals surface area contributed by atoms with Gasteiger partial charge in [-0.25, -0.2) is 0 Å². The fraction of sp³-hybridized carbons (Fsp3) is 0.882. The summed E-state index contributed by atoms with van der Waals surface area (Å²) in [5.41, 5.74) is 1.01. The first-order valence-corrected chi connectivity index (χ1v) is 35.7. The van der Waals surface area contributed by atoms with E-state index in [1.165, 1.54) is 229 Å². The van der Waals surface area contributed by atoms with Gasteiger partial charge in [0.05, 0.1) is 24.4 Å². The molecule has 0 spiro atoms. The molecular weight excluding hydrogens is 1000 g/mol. The molecule has 1 aromatic rings. The summed E-state index contributed by atoms with van der Waals surface area (Å²) in [5, 5.41) is 44.5. The minimum atomic E-state index is -0.463. The van der Waals surface area contributed by atoms with E-state index in [4.69, 9.17) is 0 Å². The molecule has 78 heavy (non-hydrogen) atoms. The molecule has 0 radical (unpaired) electrons. The van der Waals surface area contributed by atoms with Crippen molar-refractivity contribution in [2.24, 2.45) is 0 Å². The van der Waals surface area contributed by atoms with Gasteiger partial charge in [0, 0.05) is 61.9 Å². The molecule has 0 aromatic heterocycles. The summed E-state index contributed by atoms with van der Waals surface area (Å²) in [4.78, 5) is 31.6. The molecular formula is C68H128N2O6S2. The zero-order valence-electron chi connectivity index (χ0n) is 51.7. The molecule has 1 rings (SSSR count). The van der Waals surface area contributed by atoms with Crippen molar-refractivity contribution in [1.29, 1.82) is 0 Å². The van der Waals surface area contributed by atoms with Crippen molar-refractivity contribution in [2.45, 2.75) is 335 Å². The van der Waals surface area contributed by atoms with E-state index in [0.29, 0.717) is 61.9 Å². The molecule has 458 valence electrons. The lowest BCUT2D eigenvalue weighted by Crippen LogP contribution is -2.39. The van der Waals surface area contributed by atoms with Gasteiger partial charge in [-0.2, -0.15) is 0 Å². The van der Waals surface area contributed by atoms with Gasteiger partial charge in [-0.05, 0) is 31.7 Å². The van der Waals surface area contributed by atoms with E-state index in [1.54, 1.807) is 24.3 Å². The minimum absolute atomic E-state index is 0.0783. The summed E-state index contributed by atoms with van der Waals surface area (Å²) in [6.07, 6.45) is 51.7. The number of thioether (sulfide) groups is 2. The third-order valence-electron chi connectivity index (χ3n) is 16.1. The minimum Gasteiger partial charge on any atom is -0.392 e. The number of unbranched alkanes of at least 4 members (excludes halogenated alkanes) is 36. The van der Waals surface area contributed by atoms with Gasteiger partial charge in [0.2, 0.25) is 10.2 Å². The second kappa shape index (κ2) is 56.5. The van der Waals surface area contributed by atoms with Crippen molar-refractivity contribution >= 4 is 33.8 Å². The van der Waals surface area contributed by atoms with E-state index in [0.717, 1.165) is 77.0 Å². The van der Waals surface area contributed by atoms with E-state index >= 15 is 0 Å². The Balaban J connectivity index is 2.76. The lowest BCUT2D eigenvalue weighted by atomic mass is 10.0. The number of rotatable bonds is 60. The quantitative estimate of drug-likeness (QED) is 0.0469. The van der Waals surface area contributed by atoms with Gasteiger partial charge < -0.3 is 20.4 Å². The van der Waals surface area contributed by atoms with Gasteiger partial charge in [-0.15, -0.1) is 0 Å². The van der Waals surface area contributed by atoms with Crippen LogP contribution in [0, 0.1) is 0 Å². The van der Waals surface area contributed by atoms with Gasteiger partial charge in [-0.1, -0.05) is 326 Å². The average molecular weight is 1130 g/mol. The molecule has 0 aliphatic carbocycles. The Labute approximate surface area is 491 Å². The van der Waals surface area contributed by atoms with Crippen LogP contribution in [0.3, 0.4) is 0 Å². The molecule has 0 amide bonds. The highest BCUT2D eigenvalue weighted by Crippen LogP contribution is 2.22. The predicted octanol–water partition coefficient (Wildman–Crippen LogP) is 18.7. The molecule has 4 N–H and O–H groups in total. The van der Waals surface area contributed by atoms with Crippen LogP contribution in [0.4, 0.5) is 0 Å². The first-order valence-electron chi connectivity index (χ1n) is 33.7. The Morgan fingerprint density at radius 1 is 0.346 bits per heavy atom. The zero-order valence-corrected chi connectivity index (χ0v) is 53.3. The number of aliphatic hydroxyl groups excluding tert-OH is 4. The molecule has 0 saturated heterocycles. The van der Waals surface area contributed by atoms with E-state index in [9.17, 15) is 30.0 Å². The van der Waals surface area contributed by atoms with E-state index in [-0.39, 0.29) is 10.2 Å². The molecule has 8 nitrogen and oxygen atoms in total. The van der Waals surface area contributed by atoms with Crippen molar-refractivity contribution in [3.8, 4) is 0 Å². The maximum absolute atomic E-state index is 13.6. The fourth-order valence-electron chi connectivity index (χ4n) is 11.0. The van der Waals surface area contributed by atoms with Crippen molar-refractivity contribution in [3.63, 3.8) is 0 Å². The van der Waals surface area contributed by atoms with Gasteiger partial charge in [0.1, 0.15) is 0 Å². The van der Waals surface area contributed by atoms with Crippen molar-refractivity contribution in [2.75, 3.05) is 50.8 Å². The number of hydrogen-bond acceptors (Lipinski definition) is 10. The van der Waals surface area contributed by atoms with Gasteiger partial charge in [0.25, 0.3) is 0 Å². The summed E-state index contributed by atoms with van der Waals surface area (Å²) < 4.78 is 0. The first-order chi connectivity index (χ1) is 38.1. The van der Waals surface area contributed by atoms with Crippen LogP contribution in [-0.2, 0) is 0 Å². The molecule has 0 saturated carbocycles. The van der Waals surface area contributed by atoms with Gasteiger partial charge in [-0.3, -0.25) is 19.4 Å². The summed E-state index contributed by atoms with van der Waals surface area (Å²) in [5.74, 6) is 1.07. The number of carbonyl (C=O) groups excluding carboxylic acids is 2. The standard InChI is InChI=1S/C68H128N2O6S2/c1-5-9-13-17-21-25-29-33-37-41-48-63(71)57-69(58-64(72)49-42-38-34-30-26-22-18-14-10-6-2)52-54-77-67(75)61-46-45-47-62(56-61)68(76)78-55-53-70(59-65(73)50-43-39-35-31-27-23-19-15-11-7-3)60-66(74)51-44-40-36-32-28-24-20-16-12-8-4/h45-47,56,63-66,71-74H,5-44,48-55,57-60H2,1-4H3. The Morgan fingerprint density at radius 3 is 0.769 bits per heavy atom. The molecule has 1 aromatic carbocycles. The molecule has 0 aliphatic heterocycles. The maximum atomic E-state index is 13.6. The lowest BCUT2D eigenvalue weighted by molar-refractivity contribution is 0.0634. The van der Waals surface area contributed by atoms with Gasteiger partial charge in [0.15, 0.2) is 0 Å². The zero-order chi connectivity index (χ0) is 56.8. The Hall–Kier alpha value is -0.980. The van der Waals surface area contributed by atoms with E-state index < -0.39 is 24.4 Å². The average Bonchev–Trinajstić information content (AvgIpc) is 3.43. The number of hydrogen-bond donors (Lipinski definition) is 4. The predicted molar refractivity (Wildman–Crippen MR) is 343 cm³/mol. The lowest BCUT2D eigenvalue weighted by Gasteiger charge is -2.27. The molecule has 0 fully saturated rings. The van der Waals surface area contributed by atoms with Crippen LogP contribution in [0.1, 0.15) is 331 Å². The molecule has 0 heterocycles. The van der Waals surface area contributed by atoms with Crippen LogP contribution in [0.15, 0.2) is 24.3 Å². The molecule has 4 atom stereocenters. The van der Waals surface area contributed by atoms with Crippen LogP contribution in [-0.4, -0.2) is 116 Å². The van der Waals surface area contributed by atoms with Crippen LogP contribution in [0.25, 0.3) is 0 Å². The van der Waals surface area contributed by atoms with Crippen molar-refractivity contribution < 1.29 is 30.0 Å².